The molecule has 210 valence electrons. The van der Waals surface area contributed by atoms with Crippen molar-refractivity contribution in [2.45, 2.75) is 65.8 Å². The molecule has 0 saturated carbocycles. The largest absolute Gasteiger partial charge is 0.494 e. The van der Waals surface area contributed by atoms with Crippen molar-refractivity contribution in [3.05, 3.63) is 88.4 Å². The van der Waals surface area contributed by atoms with Gasteiger partial charge in [-0.25, -0.2) is 14.8 Å². The molecule has 2 N–H and O–H groups in total. The molecule has 0 fully saturated rings. The zero-order chi connectivity index (χ0) is 28.9. The Balaban J connectivity index is 1.80. The lowest BCUT2D eigenvalue weighted by atomic mass is 10.1. The SMILES string of the molecule is CCOc1ccc(-n2c([C@@H](C)NCc3cccnc3)nc3nccc(C(C)NC(=O)OC(C)(C)C)c3c2=O)cc1. The summed E-state index contributed by atoms with van der Waals surface area (Å²) in [5.41, 5.74) is 1.59. The highest BCUT2D eigenvalue weighted by molar-refractivity contribution is 5.79. The van der Waals surface area contributed by atoms with Gasteiger partial charge < -0.3 is 20.1 Å². The number of amides is 1. The normalized spacial score (nSPS) is 13.1. The monoisotopic (exact) mass is 544 g/mol. The van der Waals surface area contributed by atoms with Crippen LogP contribution in [0.3, 0.4) is 0 Å². The minimum absolute atomic E-state index is 0.292. The third kappa shape index (κ3) is 6.81. The lowest BCUT2D eigenvalue weighted by molar-refractivity contribution is 0.0508. The van der Waals surface area contributed by atoms with Crippen LogP contribution in [-0.2, 0) is 11.3 Å². The summed E-state index contributed by atoms with van der Waals surface area (Å²) >= 11 is 0. The van der Waals surface area contributed by atoms with Gasteiger partial charge in [0.15, 0.2) is 5.65 Å². The van der Waals surface area contributed by atoms with E-state index in [1.54, 1.807) is 56.9 Å². The molecule has 0 aliphatic rings. The van der Waals surface area contributed by atoms with E-state index in [0.717, 1.165) is 5.56 Å². The van der Waals surface area contributed by atoms with E-state index in [1.807, 2.05) is 50.2 Å². The minimum atomic E-state index is -0.653. The topological polar surface area (TPSA) is 120 Å². The van der Waals surface area contributed by atoms with Gasteiger partial charge in [-0.3, -0.25) is 14.3 Å². The molecule has 0 radical (unpaired) electrons. The van der Waals surface area contributed by atoms with Gasteiger partial charge in [-0.15, -0.1) is 0 Å². The Morgan fingerprint density at radius 2 is 1.80 bits per heavy atom. The molecule has 10 nitrogen and oxygen atoms in total. The minimum Gasteiger partial charge on any atom is -0.494 e. The highest BCUT2D eigenvalue weighted by Crippen LogP contribution is 2.24. The number of ether oxygens (including phenoxy) is 2. The maximum atomic E-state index is 14.2. The van der Waals surface area contributed by atoms with Crippen LogP contribution in [0, 0.1) is 0 Å². The number of fused-ring (bicyclic) bond motifs is 1. The number of hydrogen-bond acceptors (Lipinski definition) is 8. The number of alkyl carbamates (subject to hydrolysis) is 1. The van der Waals surface area contributed by atoms with E-state index in [4.69, 9.17) is 14.5 Å². The Morgan fingerprint density at radius 3 is 2.45 bits per heavy atom. The first kappa shape index (κ1) is 28.7. The molecule has 2 atom stereocenters. The predicted molar refractivity (Wildman–Crippen MR) is 154 cm³/mol. The molecule has 4 rings (SSSR count). The van der Waals surface area contributed by atoms with Gasteiger partial charge in [-0.05, 0) is 89.1 Å². The zero-order valence-electron chi connectivity index (χ0n) is 23.8. The number of rotatable bonds is 9. The molecule has 0 saturated heterocycles. The first-order valence-electron chi connectivity index (χ1n) is 13.3. The number of aromatic nitrogens is 4. The Morgan fingerprint density at radius 1 is 1.05 bits per heavy atom. The third-order valence-corrected chi connectivity index (χ3v) is 6.16. The molecule has 0 spiro atoms. The third-order valence-electron chi connectivity index (χ3n) is 6.16. The standard InChI is InChI=1S/C30H36N6O4/c1-7-39-23-12-10-22(11-13-23)36-27(20(3)33-18-21-9-8-15-31-17-21)35-26-25(28(36)37)24(14-16-32-26)19(2)34-29(38)40-30(4,5)6/h8-17,19-20,33H,7,18H2,1-6H3,(H,34,38)/t19?,20-/m1/s1. The summed E-state index contributed by atoms with van der Waals surface area (Å²) in [7, 11) is 0. The number of nitrogens with zero attached hydrogens (tertiary/aromatic N) is 4. The van der Waals surface area contributed by atoms with Crippen LogP contribution in [0.15, 0.2) is 65.8 Å². The molecule has 10 heteroatoms. The van der Waals surface area contributed by atoms with Crippen LogP contribution in [0.2, 0.25) is 0 Å². The number of nitrogens with one attached hydrogen (secondary N) is 2. The van der Waals surface area contributed by atoms with E-state index in [-0.39, 0.29) is 11.6 Å². The van der Waals surface area contributed by atoms with Crippen LogP contribution in [-0.4, -0.2) is 37.8 Å². The number of carbonyl (C=O) groups excluding carboxylic acids is 1. The Kier molecular flexibility index (Phi) is 8.79. The van der Waals surface area contributed by atoms with E-state index in [9.17, 15) is 9.59 Å². The lowest BCUT2D eigenvalue weighted by Crippen LogP contribution is -2.35. The zero-order valence-corrected chi connectivity index (χ0v) is 23.8. The molecule has 0 aliphatic heterocycles. The average Bonchev–Trinajstić information content (AvgIpc) is 2.91. The second kappa shape index (κ2) is 12.3. The predicted octanol–water partition coefficient (Wildman–Crippen LogP) is 5.01. The quantitative estimate of drug-likeness (QED) is 0.302. The van der Waals surface area contributed by atoms with Gasteiger partial charge in [-0.2, -0.15) is 0 Å². The molecular weight excluding hydrogens is 508 g/mol. The van der Waals surface area contributed by atoms with Crippen LogP contribution in [0.1, 0.15) is 70.6 Å². The first-order chi connectivity index (χ1) is 19.1. The number of benzene rings is 1. The van der Waals surface area contributed by atoms with Gasteiger partial charge in [0, 0.05) is 25.1 Å². The van der Waals surface area contributed by atoms with Crippen LogP contribution >= 0.6 is 0 Å². The van der Waals surface area contributed by atoms with E-state index < -0.39 is 17.7 Å². The highest BCUT2D eigenvalue weighted by atomic mass is 16.6. The van der Waals surface area contributed by atoms with Gasteiger partial charge in [0.2, 0.25) is 0 Å². The summed E-state index contributed by atoms with van der Waals surface area (Å²) < 4.78 is 12.6. The molecule has 0 aliphatic carbocycles. The van der Waals surface area contributed by atoms with Crippen LogP contribution in [0.25, 0.3) is 16.7 Å². The Hall–Kier alpha value is -4.31. The number of carbonyl (C=O) groups is 1. The molecule has 1 unspecified atom stereocenters. The summed E-state index contributed by atoms with van der Waals surface area (Å²) in [6, 6.07) is 12.0. The van der Waals surface area contributed by atoms with Crippen molar-refractivity contribution in [3.8, 4) is 11.4 Å². The second-order valence-electron chi connectivity index (χ2n) is 10.5. The summed E-state index contributed by atoms with van der Waals surface area (Å²) in [5, 5.41) is 6.60. The van der Waals surface area contributed by atoms with Gasteiger partial charge in [0.25, 0.3) is 5.56 Å². The van der Waals surface area contributed by atoms with Gasteiger partial charge >= 0.3 is 6.09 Å². The Bertz CT molecular complexity index is 1510. The maximum absolute atomic E-state index is 14.2. The summed E-state index contributed by atoms with van der Waals surface area (Å²) in [4.78, 5) is 40.2. The fourth-order valence-corrected chi connectivity index (χ4v) is 4.33. The fourth-order valence-electron chi connectivity index (χ4n) is 4.33. The van der Waals surface area contributed by atoms with Crippen molar-refractivity contribution in [1.82, 2.24) is 30.2 Å². The van der Waals surface area contributed by atoms with E-state index in [2.05, 4.69) is 20.6 Å². The number of hydrogen-bond donors (Lipinski definition) is 2. The van der Waals surface area contributed by atoms with Crippen molar-refractivity contribution < 1.29 is 14.3 Å². The second-order valence-corrected chi connectivity index (χ2v) is 10.5. The molecular formula is C30H36N6O4. The molecule has 1 aromatic carbocycles. The van der Waals surface area contributed by atoms with Gasteiger partial charge in [-0.1, -0.05) is 6.07 Å². The molecule has 0 bridgehead atoms. The van der Waals surface area contributed by atoms with E-state index in [0.29, 0.717) is 47.0 Å². The van der Waals surface area contributed by atoms with Crippen molar-refractivity contribution in [2.75, 3.05) is 6.61 Å². The maximum Gasteiger partial charge on any atom is 0.408 e. The summed E-state index contributed by atoms with van der Waals surface area (Å²) in [6.45, 7) is 12.1. The van der Waals surface area contributed by atoms with Crippen molar-refractivity contribution in [2.24, 2.45) is 0 Å². The molecule has 1 amide bonds. The Labute approximate surface area is 233 Å². The first-order valence-corrected chi connectivity index (χ1v) is 13.3. The highest BCUT2D eigenvalue weighted by Gasteiger charge is 2.24. The molecule has 3 heterocycles. The summed E-state index contributed by atoms with van der Waals surface area (Å²) in [6.07, 6.45) is 4.54. The van der Waals surface area contributed by atoms with Gasteiger partial charge in [0.05, 0.1) is 29.8 Å². The van der Waals surface area contributed by atoms with E-state index in [1.165, 1.54) is 0 Å². The average molecular weight is 545 g/mol. The van der Waals surface area contributed by atoms with Crippen molar-refractivity contribution >= 4 is 17.1 Å². The van der Waals surface area contributed by atoms with Crippen LogP contribution in [0.5, 0.6) is 5.75 Å². The van der Waals surface area contributed by atoms with Crippen molar-refractivity contribution in [1.29, 1.82) is 0 Å². The smallest absolute Gasteiger partial charge is 0.408 e. The van der Waals surface area contributed by atoms with E-state index >= 15 is 0 Å². The van der Waals surface area contributed by atoms with Crippen molar-refractivity contribution in [3.63, 3.8) is 0 Å². The van der Waals surface area contributed by atoms with Gasteiger partial charge in [0.1, 0.15) is 17.2 Å². The lowest BCUT2D eigenvalue weighted by Gasteiger charge is -2.23. The van der Waals surface area contributed by atoms with Crippen LogP contribution in [0.4, 0.5) is 4.79 Å². The molecule has 40 heavy (non-hydrogen) atoms. The summed E-state index contributed by atoms with van der Waals surface area (Å²) in [5.74, 6) is 1.21. The molecule has 3 aromatic heterocycles. The fraction of sp³-hybridized carbons (Fsp3) is 0.367. The van der Waals surface area contributed by atoms with Crippen LogP contribution < -0.4 is 20.9 Å². The molecule has 4 aromatic rings. The number of pyridine rings is 2.